The number of carbonyl (C=O) groups is 2. The van der Waals surface area contributed by atoms with Gasteiger partial charge in [0.1, 0.15) is 11.4 Å². The summed E-state index contributed by atoms with van der Waals surface area (Å²) in [5, 5.41) is 21.4. The summed E-state index contributed by atoms with van der Waals surface area (Å²) in [5.41, 5.74) is -2.48. The van der Waals surface area contributed by atoms with Gasteiger partial charge in [0.05, 0.1) is 23.2 Å². The third kappa shape index (κ3) is 5.86. The number of carboxylic acid groups (broad SMARTS) is 1. The Balaban J connectivity index is 2.45. The van der Waals surface area contributed by atoms with E-state index in [9.17, 15) is 33.0 Å². The molecule has 3 N–H and O–H groups in total. The summed E-state index contributed by atoms with van der Waals surface area (Å²) in [6.45, 7) is 4.98. The molecule has 1 aromatic heterocycles. The van der Waals surface area contributed by atoms with Crippen LogP contribution in [-0.4, -0.2) is 39.6 Å². The Hall–Kier alpha value is -2.91. The molecule has 32 heavy (non-hydrogen) atoms. The number of carbonyl (C=O) groups excluding carboxylic acids is 1. The zero-order valence-corrected chi connectivity index (χ0v) is 18.3. The van der Waals surface area contributed by atoms with Gasteiger partial charge in [-0.25, -0.2) is 9.18 Å². The van der Waals surface area contributed by atoms with Crippen molar-refractivity contribution < 1.29 is 33.0 Å². The molecule has 1 atom stereocenters. The predicted octanol–water partition coefficient (Wildman–Crippen LogP) is 3.89. The van der Waals surface area contributed by atoms with Crippen LogP contribution in [0, 0.1) is 23.1 Å². The number of nitrogens with zero attached hydrogens (tertiary/aromatic N) is 1. The fourth-order valence-electron chi connectivity index (χ4n) is 2.81. The summed E-state index contributed by atoms with van der Waals surface area (Å²) < 4.78 is 42.7. The molecule has 1 unspecified atom stereocenters. The van der Waals surface area contributed by atoms with E-state index in [2.05, 4.69) is 10.3 Å². The number of nitrogens with one attached hydrogen (secondary N) is 1. The molecular formula is C22H22ClF3N2O4. The van der Waals surface area contributed by atoms with E-state index in [-0.39, 0.29) is 22.8 Å². The molecule has 1 heterocycles. The molecule has 172 valence electrons. The first-order chi connectivity index (χ1) is 14.9. The topological polar surface area (TPSA) is 99.5 Å². The highest BCUT2D eigenvalue weighted by molar-refractivity contribution is 6.30. The normalized spacial score (nSPS) is 13.1. The molecule has 0 fully saturated rings. The lowest BCUT2D eigenvalue weighted by atomic mass is 9.87. The second-order valence-corrected chi connectivity index (χ2v) is 8.53. The van der Waals surface area contributed by atoms with Gasteiger partial charge in [-0.2, -0.15) is 13.8 Å². The van der Waals surface area contributed by atoms with E-state index in [1.54, 1.807) is 20.8 Å². The Bertz CT molecular complexity index is 1070. The lowest BCUT2D eigenvalue weighted by Crippen LogP contribution is -2.41. The molecule has 6 nitrogen and oxygen atoms in total. The van der Waals surface area contributed by atoms with Crippen LogP contribution in [-0.2, 0) is 11.2 Å². The monoisotopic (exact) mass is 470 g/mol. The molecule has 0 aliphatic carbocycles. The minimum absolute atomic E-state index is 0.0187. The number of benzene rings is 1. The molecule has 1 aromatic carbocycles. The molecule has 0 saturated heterocycles. The number of aliphatic hydroxyl groups is 1. The number of rotatable bonds is 8. The van der Waals surface area contributed by atoms with Crippen molar-refractivity contribution in [2.45, 2.75) is 33.2 Å². The molecule has 0 saturated carbocycles. The van der Waals surface area contributed by atoms with Crippen molar-refractivity contribution in [3.05, 3.63) is 75.5 Å². The third-order valence-corrected chi connectivity index (χ3v) is 5.08. The van der Waals surface area contributed by atoms with Gasteiger partial charge in [0.2, 0.25) is 17.7 Å². The summed E-state index contributed by atoms with van der Waals surface area (Å²) in [6, 6.07) is 4.25. The van der Waals surface area contributed by atoms with Crippen LogP contribution in [0.25, 0.3) is 0 Å². The van der Waals surface area contributed by atoms with Gasteiger partial charge in [-0.1, -0.05) is 44.5 Å². The zero-order valence-electron chi connectivity index (χ0n) is 17.5. The molecule has 0 spiro atoms. The standard InChI is InChI=1S/C22H22ClF3N2O4/c1-22(2,3)16(10-29)27-9-14(21(31)32)18(30)13-8-12(19(25)28-20(13)26)7-11-5-4-6-15(23)17(11)24/h4-6,8-9,16,27,29H,7,10H2,1-3H3,(H,31,32)/b14-9+. The molecule has 0 amide bonds. The van der Waals surface area contributed by atoms with Gasteiger partial charge in [0, 0.05) is 18.2 Å². The quantitative estimate of drug-likeness (QED) is 0.178. The maximum absolute atomic E-state index is 14.3. The number of carboxylic acids is 1. The van der Waals surface area contributed by atoms with Crippen molar-refractivity contribution in [3.63, 3.8) is 0 Å². The van der Waals surface area contributed by atoms with Gasteiger partial charge in [0.25, 0.3) is 0 Å². The average Bonchev–Trinajstić information content (AvgIpc) is 2.69. The van der Waals surface area contributed by atoms with E-state index in [1.807, 2.05) is 0 Å². The summed E-state index contributed by atoms with van der Waals surface area (Å²) in [4.78, 5) is 27.4. The minimum atomic E-state index is -1.67. The Morgan fingerprint density at radius 3 is 2.41 bits per heavy atom. The SMILES string of the molecule is CC(C)(C)C(CO)N/C=C(/C(=O)O)C(=O)c1cc(Cc2cccc(Cl)c2F)c(F)nc1F. The molecule has 0 aliphatic heterocycles. The van der Waals surface area contributed by atoms with Gasteiger partial charge in [-0.3, -0.25) is 4.79 Å². The average molecular weight is 471 g/mol. The van der Waals surface area contributed by atoms with Crippen molar-refractivity contribution in [2.24, 2.45) is 5.41 Å². The molecule has 0 radical (unpaired) electrons. The van der Waals surface area contributed by atoms with Crippen molar-refractivity contribution in [2.75, 3.05) is 6.61 Å². The highest BCUT2D eigenvalue weighted by Crippen LogP contribution is 2.24. The van der Waals surface area contributed by atoms with Crippen molar-refractivity contribution in [3.8, 4) is 0 Å². The van der Waals surface area contributed by atoms with E-state index in [1.165, 1.54) is 18.2 Å². The fourth-order valence-corrected chi connectivity index (χ4v) is 3.01. The Kier molecular flexibility index (Phi) is 8.03. The van der Waals surface area contributed by atoms with E-state index in [0.717, 1.165) is 12.3 Å². The number of ketones is 1. The van der Waals surface area contributed by atoms with E-state index >= 15 is 0 Å². The van der Waals surface area contributed by atoms with Crippen molar-refractivity contribution in [1.29, 1.82) is 0 Å². The number of aliphatic hydroxyl groups excluding tert-OH is 1. The van der Waals surface area contributed by atoms with Crippen LogP contribution in [0.5, 0.6) is 0 Å². The molecule has 0 bridgehead atoms. The van der Waals surface area contributed by atoms with Crippen LogP contribution in [0.1, 0.15) is 42.3 Å². The predicted molar refractivity (Wildman–Crippen MR) is 112 cm³/mol. The lowest BCUT2D eigenvalue weighted by Gasteiger charge is -2.29. The summed E-state index contributed by atoms with van der Waals surface area (Å²) in [7, 11) is 0. The summed E-state index contributed by atoms with van der Waals surface area (Å²) >= 11 is 5.71. The second-order valence-electron chi connectivity index (χ2n) is 8.13. The fraction of sp³-hybridized carbons (Fsp3) is 0.318. The number of pyridine rings is 1. The minimum Gasteiger partial charge on any atom is -0.477 e. The van der Waals surface area contributed by atoms with E-state index in [0.29, 0.717) is 0 Å². The zero-order chi connectivity index (χ0) is 24.2. The van der Waals surface area contributed by atoms with Gasteiger partial charge in [-0.15, -0.1) is 0 Å². The number of aromatic nitrogens is 1. The molecule has 0 aliphatic rings. The first-order valence-corrected chi connectivity index (χ1v) is 9.87. The highest BCUT2D eigenvalue weighted by atomic mass is 35.5. The van der Waals surface area contributed by atoms with E-state index in [4.69, 9.17) is 11.6 Å². The third-order valence-electron chi connectivity index (χ3n) is 4.79. The number of hydrogen-bond donors (Lipinski definition) is 3. The molecule has 2 aromatic rings. The first-order valence-electron chi connectivity index (χ1n) is 9.49. The summed E-state index contributed by atoms with van der Waals surface area (Å²) in [5.74, 6) is -6.53. The van der Waals surface area contributed by atoms with Gasteiger partial charge in [-0.05, 0) is 23.1 Å². The smallest absolute Gasteiger partial charge is 0.341 e. The Morgan fingerprint density at radius 2 is 1.84 bits per heavy atom. The Morgan fingerprint density at radius 1 is 1.19 bits per heavy atom. The number of halogens is 4. The van der Waals surface area contributed by atoms with Crippen molar-refractivity contribution in [1.82, 2.24) is 10.3 Å². The maximum Gasteiger partial charge on any atom is 0.341 e. The van der Waals surface area contributed by atoms with E-state index < -0.39 is 58.5 Å². The van der Waals surface area contributed by atoms with Crippen LogP contribution in [0.3, 0.4) is 0 Å². The molecule has 2 rings (SSSR count). The van der Waals surface area contributed by atoms with Crippen LogP contribution >= 0.6 is 11.6 Å². The largest absolute Gasteiger partial charge is 0.477 e. The van der Waals surface area contributed by atoms with Gasteiger partial charge < -0.3 is 15.5 Å². The van der Waals surface area contributed by atoms with Crippen LogP contribution in [0.15, 0.2) is 36.0 Å². The van der Waals surface area contributed by atoms with Gasteiger partial charge in [0.15, 0.2) is 0 Å². The summed E-state index contributed by atoms with van der Waals surface area (Å²) in [6.07, 6.45) is 0.461. The number of aliphatic carboxylic acids is 1. The number of Topliss-reactive ketones (excluding diaryl/α,β-unsaturated/α-hetero) is 1. The van der Waals surface area contributed by atoms with Crippen molar-refractivity contribution >= 4 is 23.4 Å². The number of hydrogen-bond acceptors (Lipinski definition) is 5. The van der Waals surface area contributed by atoms with Crippen LogP contribution in [0.2, 0.25) is 5.02 Å². The first kappa shape index (κ1) is 25.4. The van der Waals surface area contributed by atoms with Crippen LogP contribution < -0.4 is 5.32 Å². The van der Waals surface area contributed by atoms with Gasteiger partial charge >= 0.3 is 5.97 Å². The maximum atomic E-state index is 14.3. The Labute approximate surface area is 187 Å². The lowest BCUT2D eigenvalue weighted by molar-refractivity contribution is -0.132. The molecular weight excluding hydrogens is 449 g/mol. The highest BCUT2D eigenvalue weighted by Gasteiger charge is 2.27. The molecule has 10 heteroatoms. The second kappa shape index (κ2) is 10.1. The van der Waals surface area contributed by atoms with Crippen LogP contribution in [0.4, 0.5) is 13.2 Å².